The Labute approximate surface area is 97.5 Å². The molecule has 7 heteroatoms. The molecule has 0 aliphatic carbocycles. The van der Waals surface area contributed by atoms with Gasteiger partial charge in [-0.05, 0) is 27.7 Å². The monoisotopic (exact) mass is 255 g/mol. The minimum absolute atomic E-state index is 0.750. The van der Waals surface area contributed by atoms with E-state index in [-0.39, 0.29) is 0 Å². The average Bonchev–Trinajstić information content (AvgIpc) is 1.95. The summed E-state index contributed by atoms with van der Waals surface area (Å²) in [6.07, 6.45) is -6.20. The first-order valence-corrected chi connectivity index (χ1v) is 5.00. The van der Waals surface area contributed by atoms with Crippen LogP contribution in [-0.4, -0.2) is 29.7 Å². The first kappa shape index (κ1) is 15.7. The fourth-order valence-corrected chi connectivity index (χ4v) is 0.924. The molecule has 0 unspecified atom stereocenters. The van der Waals surface area contributed by atoms with Gasteiger partial charge in [0.25, 0.3) is 0 Å². The molecular formula is C10H16F3NO3. The second-order valence-corrected chi connectivity index (χ2v) is 4.61. The van der Waals surface area contributed by atoms with Crippen molar-refractivity contribution >= 4 is 11.9 Å². The van der Waals surface area contributed by atoms with Crippen molar-refractivity contribution in [1.82, 2.24) is 5.32 Å². The fraction of sp³-hybridized carbons (Fsp3) is 0.800. The molecule has 0 saturated heterocycles. The Morgan fingerprint density at radius 3 is 2.06 bits per heavy atom. The standard InChI is InChI=1S/C10H16F3NO3/c1-6(8(16)17-9(2,3)4)14-7(15)5-10(11,12)13/h6H,5H2,1-4H3,(H,14,15)/t6-/m0/s1. The highest BCUT2D eigenvalue weighted by atomic mass is 19.4. The molecule has 100 valence electrons. The van der Waals surface area contributed by atoms with E-state index in [1.807, 2.05) is 5.32 Å². The summed E-state index contributed by atoms with van der Waals surface area (Å²) in [5.41, 5.74) is -0.750. The van der Waals surface area contributed by atoms with Gasteiger partial charge in [0.05, 0.1) is 0 Å². The van der Waals surface area contributed by atoms with Crippen LogP contribution in [0, 0.1) is 0 Å². The highest BCUT2D eigenvalue weighted by Crippen LogP contribution is 2.19. The van der Waals surface area contributed by atoms with Crippen LogP contribution < -0.4 is 5.32 Å². The number of esters is 1. The fourth-order valence-electron chi connectivity index (χ4n) is 0.924. The van der Waals surface area contributed by atoms with Crippen molar-refractivity contribution in [2.45, 2.75) is 51.9 Å². The van der Waals surface area contributed by atoms with Crippen molar-refractivity contribution in [3.05, 3.63) is 0 Å². The van der Waals surface area contributed by atoms with Gasteiger partial charge in [-0.3, -0.25) is 4.79 Å². The van der Waals surface area contributed by atoms with Crippen molar-refractivity contribution in [2.24, 2.45) is 0 Å². The van der Waals surface area contributed by atoms with E-state index in [1.54, 1.807) is 20.8 Å². The van der Waals surface area contributed by atoms with E-state index in [0.29, 0.717) is 0 Å². The maximum Gasteiger partial charge on any atom is 0.397 e. The summed E-state index contributed by atoms with van der Waals surface area (Å²) >= 11 is 0. The van der Waals surface area contributed by atoms with Gasteiger partial charge >= 0.3 is 12.1 Å². The first-order valence-electron chi connectivity index (χ1n) is 5.00. The summed E-state index contributed by atoms with van der Waals surface area (Å²) in [7, 11) is 0. The third-order valence-electron chi connectivity index (χ3n) is 1.50. The summed E-state index contributed by atoms with van der Waals surface area (Å²) in [6, 6.07) is -1.11. The van der Waals surface area contributed by atoms with Crippen molar-refractivity contribution in [3.63, 3.8) is 0 Å². The maximum absolute atomic E-state index is 11.9. The molecule has 0 aromatic heterocycles. The second kappa shape index (κ2) is 5.37. The molecule has 0 aliphatic rings. The minimum atomic E-state index is -4.59. The lowest BCUT2D eigenvalue weighted by atomic mass is 10.2. The number of amides is 1. The van der Waals surface area contributed by atoms with E-state index in [1.165, 1.54) is 6.92 Å². The second-order valence-electron chi connectivity index (χ2n) is 4.61. The summed E-state index contributed by atoms with van der Waals surface area (Å²) in [5, 5.41) is 1.93. The van der Waals surface area contributed by atoms with E-state index >= 15 is 0 Å². The van der Waals surface area contributed by atoms with Gasteiger partial charge in [-0.25, -0.2) is 4.79 Å². The van der Waals surface area contributed by atoms with E-state index < -0.39 is 36.1 Å². The van der Waals surface area contributed by atoms with Crippen LogP contribution in [0.3, 0.4) is 0 Å². The molecule has 0 aromatic rings. The van der Waals surface area contributed by atoms with Crippen LogP contribution in [-0.2, 0) is 14.3 Å². The van der Waals surface area contributed by atoms with Crippen LogP contribution in [0.2, 0.25) is 0 Å². The lowest BCUT2D eigenvalue weighted by molar-refractivity contribution is -0.162. The number of hydrogen-bond acceptors (Lipinski definition) is 3. The number of alkyl halides is 3. The molecule has 1 N–H and O–H groups in total. The molecule has 1 amide bonds. The minimum Gasteiger partial charge on any atom is -0.458 e. The Hall–Kier alpha value is -1.27. The van der Waals surface area contributed by atoms with Gasteiger partial charge in [0.2, 0.25) is 5.91 Å². The summed E-state index contributed by atoms with van der Waals surface area (Å²) < 4.78 is 40.5. The third kappa shape index (κ3) is 8.53. The maximum atomic E-state index is 11.9. The number of rotatable bonds is 3. The molecule has 0 aromatic carbocycles. The first-order chi connectivity index (χ1) is 7.41. The highest BCUT2D eigenvalue weighted by Gasteiger charge is 2.32. The van der Waals surface area contributed by atoms with Crippen molar-refractivity contribution in [2.75, 3.05) is 0 Å². The molecule has 0 bridgehead atoms. The normalized spacial score (nSPS) is 14.1. The van der Waals surface area contributed by atoms with Crippen LogP contribution >= 0.6 is 0 Å². The quantitative estimate of drug-likeness (QED) is 0.782. The molecule has 0 fully saturated rings. The van der Waals surface area contributed by atoms with Crippen molar-refractivity contribution < 1.29 is 27.5 Å². The van der Waals surface area contributed by atoms with Gasteiger partial charge in [0.1, 0.15) is 18.1 Å². The molecule has 1 atom stereocenters. The predicted octanol–water partition coefficient (Wildman–Crippen LogP) is 1.79. The van der Waals surface area contributed by atoms with Crippen LogP contribution in [0.15, 0.2) is 0 Å². The third-order valence-corrected chi connectivity index (χ3v) is 1.50. The molecule has 0 saturated carbocycles. The number of hydrogen-bond donors (Lipinski definition) is 1. The van der Waals surface area contributed by atoms with E-state index in [2.05, 4.69) is 0 Å². The molecule has 0 aliphatic heterocycles. The average molecular weight is 255 g/mol. The molecule has 0 heterocycles. The van der Waals surface area contributed by atoms with Crippen LogP contribution in [0.5, 0.6) is 0 Å². The van der Waals surface area contributed by atoms with Crippen LogP contribution in [0.25, 0.3) is 0 Å². The zero-order valence-corrected chi connectivity index (χ0v) is 10.1. The van der Waals surface area contributed by atoms with Gasteiger partial charge in [0.15, 0.2) is 0 Å². The SMILES string of the molecule is C[C@H](NC(=O)CC(F)(F)F)C(=O)OC(C)(C)C. The largest absolute Gasteiger partial charge is 0.458 e. The topological polar surface area (TPSA) is 55.4 Å². The van der Waals surface area contributed by atoms with Crippen molar-refractivity contribution in [1.29, 1.82) is 0 Å². The Morgan fingerprint density at radius 2 is 1.71 bits per heavy atom. The van der Waals surface area contributed by atoms with Crippen LogP contribution in [0.1, 0.15) is 34.1 Å². The molecule has 0 rings (SSSR count). The number of carbonyl (C=O) groups is 2. The smallest absolute Gasteiger partial charge is 0.397 e. The lowest BCUT2D eigenvalue weighted by Crippen LogP contribution is -2.43. The zero-order valence-electron chi connectivity index (χ0n) is 10.1. The van der Waals surface area contributed by atoms with E-state index in [0.717, 1.165) is 0 Å². The molecule has 0 spiro atoms. The Bertz CT molecular complexity index is 294. The van der Waals surface area contributed by atoms with Crippen LogP contribution in [0.4, 0.5) is 13.2 Å². The molecule has 17 heavy (non-hydrogen) atoms. The number of ether oxygens (including phenoxy) is 1. The summed E-state index contributed by atoms with van der Waals surface area (Å²) in [5.74, 6) is -2.02. The van der Waals surface area contributed by atoms with Gasteiger partial charge in [-0.15, -0.1) is 0 Å². The molecular weight excluding hydrogens is 239 g/mol. The number of nitrogens with one attached hydrogen (secondary N) is 1. The van der Waals surface area contributed by atoms with E-state index in [9.17, 15) is 22.8 Å². The van der Waals surface area contributed by atoms with Gasteiger partial charge < -0.3 is 10.1 Å². The van der Waals surface area contributed by atoms with Gasteiger partial charge in [-0.2, -0.15) is 13.2 Å². The Balaban J connectivity index is 4.22. The van der Waals surface area contributed by atoms with E-state index in [4.69, 9.17) is 4.74 Å². The highest BCUT2D eigenvalue weighted by molar-refractivity contribution is 5.84. The Kier molecular flexibility index (Phi) is 4.97. The van der Waals surface area contributed by atoms with Gasteiger partial charge in [-0.1, -0.05) is 0 Å². The van der Waals surface area contributed by atoms with Crippen molar-refractivity contribution in [3.8, 4) is 0 Å². The summed E-state index contributed by atoms with van der Waals surface area (Å²) in [4.78, 5) is 22.2. The Morgan fingerprint density at radius 1 is 1.24 bits per heavy atom. The zero-order chi connectivity index (χ0) is 13.9. The molecule has 0 radical (unpaired) electrons. The summed E-state index contributed by atoms with van der Waals surface area (Å²) in [6.45, 7) is 6.13. The lowest BCUT2D eigenvalue weighted by Gasteiger charge is -2.22. The predicted molar refractivity (Wildman–Crippen MR) is 54.1 cm³/mol. The number of carbonyl (C=O) groups excluding carboxylic acids is 2. The number of halogens is 3. The molecule has 4 nitrogen and oxygen atoms in total. The van der Waals surface area contributed by atoms with Gasteiger partial charge in [0, 0.05) is 0 Å².